The second-order valence-corrected chi connectivity index (χ2v) is 6.59. The Morgan fingerprint density at radius 2 is 1.70 bits per heavy atom. The first-order valence-electron chi connectivity index (χ1n) is 7.43. The van der Waals surface area contributed by atoms with Gasteiger partial charge in [-0.05, 0) is 18.6 Å². The van der Waals surface area contributed by atoms with E-state index < -0.39 is 11.6 Å². The third kappa shape index (κ3) is 7.73. The largest absolute Gasteiger partial charge is 0.376 e. The van der Waals surface area contributed by atoms with E-state index >= 15 is 0 Å². The third-order valence-corrected chi connectivity index (χ3v) is 4.34. The minimum atomic E-state index is -0.540. The molecule has 1 rings (SSSR count). The standard InChI is InChI=1S/C16H25F2NS/c1-3-4-5-6-7-8-13(2)20-12-19-16-10-14(17)9-15(18)11-16/h9-11,13,19H,3-8,12H2,1-2H3/t13-/m0/s1. The van der Waals surface area contributed by atoms with Crippen LogP contribution in [0.25, 0.3) is 0 Å². The van der Waals surface area contributed by atoms with E-state index in [1.54, 1.807) is 11.8 Å². The molecule has 1 nitrogen and oxygen atoms in total. The summed E-state index contributed by atoms with van der Waals surface area (Å²) in [6.45, 7) is 4.43. The number of nitrogens with one attached hydrogen (secondary N) is 1. The highest BCUT2D eigenvalue weighted by molar-refractivity contribution is 7.99. The molecule has 0 amide bonds. The smallest absolute Gasteiger partial charge is 0.128 e. The number of anilines is 1. The minimum Gasteiger partial charge on any atom is -0.376 e. The molecule has 114 valence electrons. The second-order valence-electron chi connectivity index (χ2n) is 5.16. The van der Waals surface area contributed by atoms with Gasteiger partial charge in [0.2, 0.25) is 0 Å². The summed E-state index contributed by atoms with van der Waals surface area (Å²) >= 11 is 1.79. The van der Waals surface area contributed by atoms with Crippen LogP contribution in [0.4, 0.5) is 14.5 Å². The molecule has 0 fully saturated rings. The van der Waals surface area contributed by atoms with Crippen LogP contribution < -0.4 is 5.32 Å². The average Bonchev–Trinajstić information content (AvgIpc) is 2.37. The van der Waals surface area contributed by atoms with Gasteiger partial charge in [-0.15, -0.1) is 11.8 Å². The molecule has 1 N–H and O–H groups in total. The van der Waals surface area contributed by atoms with Crippen molar-refractivity contribution in [3.63, 3.8) is 0 Å². The van der Waals surface area contributed by atoms with Crippen molar-refractivity contribution in [2.45, 2.75) is 57.6 Å². The van der Waals surface area contributed by atoms with Gasteiger partial charge in [0.15, 0.2) is 0 Å². The fraction of sp³-hybridized carbons (Fsp3) is 0.625. The van der Waals surface area contributed by atoms with E-state index in [-0.39, 0.29) is 0 Å². The summed E-state index contributed by atoms with van der Waals surface area (Å²) in [7, 11) is 0. The summed E-state index contributed by atoms with van der Waals surface area (Å²) in [6, 6.07) is 3.52. The third-order valence-electron chi connectivity index (χ3n) is 3.22. The molecule has 0 unspecified atom stereocenters. The molecule has 0 heterocycles. The van der Waals surface area contributed by atoms with Crippen LogP contribution in [0, 0.1) is 11.6 Å². The van der Waals surface area contributed by atoms with Crippen molar-refractivity contribution in [3.8, 4) is 0 Å². The van der Waals surface area contributed by atoms with Crippen LogP contribution in [0.3, 0.4) is 0 Å². The van der Waals surface area contributed by atoms with Gasteiger partial charge in [-0.3, -0.25) is 0 Å². The molecular weight excluding hydrogens is 276 g/mol. The van der Waals surface area contributed by atoms with E-state index in [0.29, 0.717) is 16.8 Å². The first-order valence-corrected chi connectivity index (χ1v) is 8.48. The predicted molar refractivity (Wildman–Crippen MR) is 85.3 cm³/mol. The molecule has 1 aromatic rings. The first kappa shape index (κ1) is 17.3. The fourth-order valence-corrected chi connectivity index (χ4v) is 2.91. The van der Waals surface area contributed by atoms with Gasteiger partial charge in [-0.2, -0.15) is 0 Å². The van der Waals surface area contributed by atoms with Gasteiger partial charge < -0.3 is 5.32 Å². The van der Waals surface area contributed by atoms with Gasteiger partial charge >= 0.3 is 0 Å². The number of hydrogen-bond acceptors (Lipinski definition) is 2. The molecule has 0 saturated carbocycles. The number of rotatable bonds is 10. The highest BCUT2D eigenvalue weighted by Crippen LogP contribution is 2.19. The molecule has 4 heteroatoms. The van der Waals surface area contributed by atoms with Crippen LogP contribution in [0.2, 0.25) is 0 Å². The predicted octanol–water partition coefficient (Wildman–Crippen LogP) is 5.82. The number of unbranched alkanes of at least 4 members (excludes halogenated alkanes) is 4. The quantitative estimate of drug-likeness (QED) is 0.432. The summed E-state index contributed by atoms with van der Waals surface area (Å²) in [5.74, 6) is -0.401. The Kier molecular flexibility index (Phi) is 8.67. The molecule has 0 aliphatic heterocycles. The van der Waals surface area contributed by atoms with Crippen LogP contribution in [0.5, 0.6) is 0 Å². The lowest BCUT2D eigenvalue weighted by Gasteiger charge is -2.12. The Labute approximate surface area is 125 Å². The topological polar surface area (TPSA) is 12.0 Å². The summed E-state index contributed by atoms with van der Waals surface area (Å²) < 4.78 is 26.0. The van der Waals surface area contributed by atoms with Gasteiger partial charge in [0, 0.05) is 17.0 Å². The van der Waals surface area contributed by atoms with Crippen LogP contribution in [-0.4, -0.2) is 11.1 Å². The lowest BCUT2D eigenvalue weighted by molar-refractivity contribution is 0.584. The van der Waals surface area contributed by atoms with Crippen molar-refractivity contribution in [1.82, 2.24) is 0 Å². The van der Waals surface area contributed by atoms with Gasteiger partial charge in [0.25, 0.3) is 0 Å². The fourth-order valence-electron chi connectivity index (χ4n) is 2.04. The minimum absolute atomic E-state index is 0.505. The summed E-state index contributed by atoms with van der Waals surface area (Å²) in [6.07, 6.45) is 7.71. The monoisotopic (exact) mass is 301 g/mol. The van der Waals surface area contributed by atoms with E-state index in [1.807, 2.05) is 0 Å². The van der Waals surface area contributed by atoms with Crippen LogP contribution in [0.15, 0.2) is 18.2 Å². The normalized spacial score (nSPS) is 12.4. The molecule has 0 radical (unpaired) electrons. The molecule has 1 aromatic carbocycles. The van der Waals surface area contributed by atoms with E-state index in [1.165, 1.54) is 50.7 Å². The second kappa shape index (κ2) is 10.0. The van der Waals surface area contributed by atoms with E-state index in [4.69, 9.17) is 0 Å². The molecule has 0 aliphatic carbocycles. The highest BCUT2D eigenvalue weighted by atomic mass is 32.2. The molecule has 1 atom stereocenters. The molecule has 0 aromatic heterocycles. The lowest BCUT2D eigenvalue weighted by Crippen LogP contribution is -2.04. The summed E-state index contributed by atoms with van der Waals surface area (Å²) in [5, 5.41) is 3.62. The van der Waals surface area contributed by atoms with Crippen molar-refractivity contribution in [1.29, 1.82) is 0 Å². The Balaban J connectivity index is 2.13. The van der Waals surface area contributed by atoms with E-state index in [0.717, 1.165) is 6.07 Å². The van der Waals surface area contributed by atoms with E-state index in [9.17, 15) is 8.78 Å². The molecule has 0 spiro atoms. The maximum atomic E-state index is 13.0. The maximum absolute atomic E-state index is 13.0. The first-order chi connectivity index (χ1) is 9.61. The Bertz CT molecular complexity index is 364. The Morgan fingerprint density at radius 1 is 1.05 bits per heavy atom. The van der Waals surface area contributed by atoms with Crippen LogP contribution >= 0.6 is 11.8 Å². The zero-order valence-electron chi connectivity index (χ0n) is 12.4. The molecule has 0 aliphatic rings. The Hall–Kier alpha value is -0.770. The van der Waals surface area contributed by atoms with Crippen molar-refractivity contribution in [2.24, 2.45) is 0 Å². The number of thioether (sulfide) groups is 1. The van der Waals surface area contributed by atoms with Crippen molar-refractivity contribution >= 4 is 17.4 Å². The van der Waals surface area contributed by atoms with Crippen molar-refractivity contribution in [3.05, 3.63) is 29.8 Å². The zero-order valence-corrected chi connectivity index (χ0v) is 13.2. The van der Waals surface area contributed by atoms with Gasteiger partial charge in [0.1, 0.15) is 11.6 Å². The number of hydrogen-bond donors (Lipinski definition) is 1. The van der Waals surface area contributed by atoms with Gasteiger partial charge in [0.05, 0.1) is 5.88 Å². The molecule has 0 bridgehead atoms. The summed E-state index contributed by atoms with van der Waals surface area (Å²) in [4.78, 5) is 0. The number of halogens is 2. The maximum Gasteiger partial charge on any atom is 0.128 e. The lowest BCUT2D eigenvalue weighted by atomic mass is 10.1. The molecular formula is C16H25F2NS. The van der Waals surface area contributed by atoms with E-state index in [2.05, 4.69) is 19.2 Å². The highest BCUT2D eigenvalue weighted by Gasteiger charge is 2.04. The van der Waals surface area contributed by atoms with Crippen molar-refractivity contribution < 1.29 is 8.78 Å². The molecule has 0 saturated heterocycles. The van der Waals surface area contributed by atoms with Gasteiger partial charge in [-0.25, -0.2) is 8.78 Å². The zero-order chi connectivity index (χ0) is 14.8. The average molecular weight is 301 g/mol. The van der Waals surface area contributed by atoms with Crippen molar-refractivity contribution in [2.75, 3.05) is 11.2 Å². The van der Waals surface area contributed by atoms with Gasteiger partial charge in [-0.1, -0.05) is 46.0 Å². The SMILES string of the molecule is CCCCCCC[C@H](C)SCNc1cc(F)cc(F)c1. The summed E-state index contributed by atoms with van der Waals surface area (Å²) in [5.41, 5.74) is 0.505. The Morgan fingerprint density at radius 3 is 2.35 bits per heavy atom. The molecule has 20 heavy (non-hydrogen) atoms. The van der Waals surface area contributed by atoms with Crippen LogP contribution in [-0.2, 0) is 0 Å². The number of benzene rings is 1. The van der Waals surface area contributed by atoms with Crippen LogP contribution in [0.1, 0.15) is 52.4 Å².